The number of amides is 1. The minimum atomic E-state index is -1.36. The summed E-state index contributed by atoms with van der Waals surface area (Å²) in [7, 11) is 0. The molecule has 8 heteroatoms. The van der Waals surface area contributed by atoms with Gasteiger partial charge in [0.15, 0.2) is 0 Å². The van der Waals surface area contributed by atoms with E-state index in [-0.39, 0.29) is 4.32 Å². The Morgan fingerprint density at radius 1 is 1.17 bits per heavy atom. The minimum absolute atomic E-state index is 0.197. The molecule has 1 fully saturated rings. The van der Waals surface area contributed by atoms with E-state index in [1.807, 2.05) is 67.7 Å². The number of thiocarbonyl (C=S) groups is 1. The van der Waals surface area contributed by atoms with E-state index in [9.17, 15) is 14.7 Å². The second-order valence-electron chi connectivity index (χ2n) is 6.72. The molecule has 2 aromatic carbocycles. The van der Waals surface area contributed by atoms with Crippen molar-refractivity contribution in [1.29, 1.82) is 0 Å². The molecule has 4 rings (SSSR count). The van der Waals surface area contributed by atoms with Crippen LogP contribution < -0.4 is 5.11 Å². The summed E-state index contributed by atoms with van der Waals surface area (Å²) < 4.78 is 1.95. The number of carbonyl (C=O) groups excluding carboxylic acids is 2. The summed E-state index contributed by atoms with van der Waals surface area (Å²) in [5.74, 6) is -1.80. The first kappa shape index (κ1) is 20.1. The van der Waals surface area contributed by atoms with Crippen molar-refractivity contribution in [3.63, 3.8) is 0 Å². The molecule has 30 heavy (non-hydrogen) atoms. The lowest BCUT2D eigenvalue weighted by molar-refractivity contribution is -0.305. The number of hydrogen-bond donors (Lipinski definition) is 0. The highest BCUT2D eigenvalue weighted by Gasteiger charge is 2.32. The van der Waals surface area contributed by atoms with Crippen molar-refractivity contribution in [2.75, 3.05) is 6.54 Å². The summed E-state index contributed by atoms with van der Waals surface area (Å²) >= 11 is 6.24. The van der Waals surface area contributed by atoms with Crippen molar-refractivity contribution in [2.24, 2.45) is 0 Å². The van der Waals surface area contributed by atoms with Crippen LogP contribution >= 0.6 is 24.0 Å². The van der Waals surface area contributed by atoms with Gasteiger partial charge in [0.1, 0.15) is 4.32 Å². The number of aliphatic carboxylic acids is 1. The number of carbonyl (C=O) groups is 2. The Kier molecular flexibility index (Phi) is 5.52. The fourth-order valence-electron chi connectivity index (χ4n) is 3.05. The lowest BCUT2D eigenvalue weighted by Crippen LogP contribution is -2.40. The largest absolute Gasteiger partial charge is 0.548 e. The first-order chi connectivity index (χ1) is 14.4. The van der Waals surface area contributed by atoms with Crippen LogP contribution in [0, 0.1) is 6.92 Å². The number of nitrogens with zero attached hydrogens (tertiary/aromatic N) is 3. The van der Waals surface area contributed by atoms with Gasteiger partial charge in [-0.05, 0) is 25.1 Å². The van der Waals surface area contributed by atoms with Crippen LogP contribution in [0.15, 0.2) is 65.7 Å². The van der Waals surface area contributed by atoms with Gasteiger partial charge in [-0.2, -0.15) is 5.10 Å². The lowest BCUT2D eigenvalue weighted by atomic mass is 10.1. The average molecular weight is 435 g/mol. The van der Waals surface area contributed by atoms with Gasteiger partial charge < -0.3 is 9.90 Å². The van der Waals surface area contributed by atoms with Gasteiger partial charge >= 0.3 is 0 Å². The maximum Gasteiger partial charge on any atom is 0.266 e. The fourth-order valence-corrected chi connectivity index (χ4v) is 4.29. The van der Waals surface area contributed by atoms with E-state index in [1.54, 1.807) is 10.8 Å². The van der Waals surface area contributed by atoms with Crippen LogP contribution in [0.2, 0.25) is 0 Å². The number of hydrogen-bond acceptors (Lipinski definition) is 6. The highest BCUT2D eigenvalue weighted by Crippen LogP contribution is 2.34. The van der Waals surface area contributed by atoms with Crippen molar-refractivity contribution in [3.05, 3.63) is 76.8 Å². The second-order valence-corrected chi connectivity index (χ2v) is 8.39. The monoisotopic (exact) mass is 434 g/mol. The smallest absolute Gasteiger partial charge is 0.266 e. The molecule has 1 amide bonds. The minimum Gasteiger partial charge on any atom is -0.548 e. The first-order valence-corrected chi connectivity index (χ1v) is 10.3. The number of benzene rings is 2. The molecule has 1 aromatic heterocycles. The third-order valence-electron chi connectivity index (χ3n) is 4.54. The molecule has 1 aliphatic heterocycles. The van der Waals surface area contributed by atoms with Crippen molar-refractivity contribution in [3.8, 4) is 16.9 Å². The molecule has 0 radical (unpaired) electrons. The average Bonchev–Trinajstić information content (AvgIpc) is 3.26. The van der Waals surface area contributed by atoms with Crippen LogP contribution in [0.1, 0.15) is 11.1 Å². The molecule has 0 N–H and O–H groups in total. The Bertz CT molecular complexity index is 1170. The number of carboxylic acids is 1. The Balaban J connectivity index is 1.78. The Labute approximate surface area is 182 Å². The summed E-state index contributed by atoms with van der Waals surface area (Å²) in [6.45, 7) is 1.45. The number of carboxylic acid groups (broad SMARTS) is 1. The van der Waals surface area contributed by atoms with E-state index in [1.165, 1.54) is 0 Å². The molecule has 0 aliphatic carbocycles. The fraction of sp³-hybridized carbons (Fsp3) is 0.0909. The van der Waals surface area contributed by atoms with E-state index in [0.717, 1.165) is 39.0 Å². The van der Waals surface area contributed by atoms with Crippen LogP contribution in [-0.2, 0) is 9.59 Å². The van der Waals surface area contributed by atoms with Crippen LogP contribution in [0.3, 0.4) is 0 Å². The maximum absolute atomic E-state index is 12.7. The third kappa shape index (κ3) is 4.05. The van der Waals surface area contributed by atoms with Crippen molar-refractivity contribution >= 4 is 46.3 Å². The number of para-hydroxylation sites is 1. The van der Waals surface area contributed by atoms with Gasteiger partial charge in [0.2, 0.25) is 0 Å². The lowest BCUT2D eigenvalue weighted by Gasteiger charge is -2.14. The van der Waals surface area contributed by atoms with Gasteiger partial charge in [0, 0.05) is 17.3 Å². The highest BCUT2D eigenvalue weighted by atomic mass is 32.2. The molecule has 0 spiro atoms. The number of rotatable bonds is 5. The van der Waals surface area contributed by atoms with E-state index >= 15 is 0 Å². The highest BCUT2D eigenvalue weighted by molar-refractivity contribution is 8.26. The SMILES string of the molecule is Cc1ccc(-c2nn(-c3ccccc3)cc2/C=C2\SC(=S)N(CC(=O)[O-])C2=O)cc1. The van der Waals surface area contributed by atoms with Crippen LogP contribution in [0.4, 0.5) is 0 Å². The standard InChI is InChI=1S/C22H17N3O3S2/c1-14-7-9-15(10-8-14)20-16(12-25(23-20)17-5-3-2-4-6-17)11-18-21(28)24(13-19(26)27)22(29)30-18/h2-12H,13H2,1H3,(H,26,27)/p-1/b18-11-. The molecular formula is C22H16N3O3S2-. The summed E-state index contributed by atoms with van der Waals surface area (Å²) in [5.41, 5.74) is 4.37. The van der Waals surface area contributed by atoms with Crippen LogP contribution in [-0.4, -0.2) is 37.4 Å². The number of thioether (sulfide) groups is 1. The molecule has 3 aromatic rings. The quantitative estimate of drug-likeness (QED) is 0.454. The van der Waals surface area contributed by atoms with Gasteiger partial charge in [-0.25, -0.2) is 4.68 Å². The third-order valence-corrected chi connectivity index (χ3v) is 5.91. The molecule has 0 bridgehead atoms. The van der Waals surface area contributed by atoms with Gasteiger partial charge in [-0.3, -0.25) is 9.69 Å². The van der Waals surface area contributed by atoms with E-state index in [0.29, 0.717) is 10.6 Å². The molecule has 6 nitrogen and oxygen atoms in total. The van der Waals surface area contributed by atoms with Gasteiger partial charge in [0.05, 0.1) is 28.8 Å². The second kappa shape index (κ2) is 8.25. The van der Waals surface area contributed by atoms with Crippen LogP contribution in [0.5, 0.6) is 0 Å². The van der Waals surface area contributed by atoms with Crippen molar-refractivity contribution in [1.82, 2.24) is 14.7 Å². The predicted molar refractivity (Wildman–Crippen MR) is 119 cm³/mol. The van der Waals surface area contributed by atoms with Crippen molar-refractivity contribution in [2.45, 2.75) is 6.92 Å². The summed E-state index contributed by atoms with van der Waals surface area (Å²) in [6, 6.07) is 17.6. The maximum atomic E-state index is 12.7. The van der Waals surface area contributed by atoms with Crippen molar-refractivity contribution < 1.29 is 14.7 Å². The van der Waals surface area contributed by atoms with E-state index < -0.39 is 18.4 Å². The van der Waals surface area contributed by atoms with Gasteiger partial charge in [-0.15, -0.1) is 0 Å². The molecule has 0 saturated carbocycles. The Morgan fingerprint density at radius 2 is 1.87 bits per heavy atom. The normalized spacial score (nSPS) is 15.2. The zero-order valence-electron chi connectivity index (χ0n) is 15.9. The number of aryl methyl sites for hydroxylation is 1. The topological polar surface area (TPSA) is 78.3 Å². The zero-order chi connectivity index (χ0) is 21.3. The Hall–Kier alpha value is -3.23. The summed E-state index contributed by atoms with van der Waals surface area (Å²) in [4.78, 5) is 25.0. The number of aromatic nitrogens is 2. The molecule has 1 saturated heterocycles. The summed E-state index contributed by atoms with van der Waals surface area (Å²) in [5, 5.41) is 15.7. The molecule has 0 unspecified atom stereocenters. The molecular weight excluding hydrogens is 418 g/mol. The molecule has 1 aliphatic rings. The predicted octanol–water partition coefficient (Wildman–Crippen LogP) is 2.80. The molecule has 2 heterocycles. The van der Waals surface area contributed by atoms with E-state index in [4.69, 9.17) is 17.3 Å². The van der Waals surface area contributed by atoms with Crippen LogP contribution in [0.25, 0.3) is 23.0 Å². The van der Waals surface area contributed by atoms with Gasteiger partial charge in [0.25, 0.3) is 5.91 Å². The zero-order valence-corrected chi connectivity index (χ0v) is 17.6. The first-order valence-electron chi connectivity index (χ1n) is 9.10. The Morgan fingerprint density at radius 3 is 2.53 bits per heavy atom. The molecule has 0 atom stereocenters. The molecule has 150 valence electrons. The summed E-state index contributed by atoms with van der Waals surface area (Å²) in [6.07, 6.45) is 3.55. The van der Waals surface area contributed by atoms with E-state index in [2.05, 4.69) is 0 Å². The van der Waals surface area contributed by atoms with Gasteiger partial charge in [-0.1, -0.05) is 72.0 Å².